The van der Waals surface area contributed by atoms with Crippen LogP contribution in [-0.2, 0) is 14.8 Å². The van der Waals surface area contributed by atoms with Gasteiger partial charge in [0.2, 0.25) is 5.91 Å². The van der Waals surface area contributed by atoms with Gasteiger partial charge in [0.25, 0.3) is 10.0 Å². The summed E-state index contributed by atoms with van der Waals surface area (Å²) in [5.41, 5.74) is 0.977. The largest absolute Gasteiger partial charge is 0.497 e. The first kappa shape index (κ1) is 23.6. The third-order valence-electron chi connectivity index (χ3n) is 4.80. The van der Waals surface area contributed by atoms with Crippen molar-refractivity contribution in [1.82, 2.24) is 5.32 Å². The molecular weight excluding hydrogens is 455 g/mol. The number of hydrogen-bond donors (Lipinski definition) is 1. The smallest absolute Gasteiger partial charge is 0.264 e. The summed E-state index contributed by atoms with van der Waals surface area (Å²) in [4.78, 5) is 12.8. The van der Waals surface area contributed by atoms with E-state index in [1.54, 1.807) is 31.2 Å². The lowest BCUT2D eigenvalue weighted by Crippen LogP contribution is -2.41. The van der Waals surface area contributed by atoms with E-state index in [4.69, 9.17) is 16.3 Å². The number of nitrogens with one attached hydrogen (secondary N) is 1. The molecule has 32 heavy (non-hydrogen) atoms. The number of methoxy groups -OCH3 is 1. The molecule has 3 aromatic rings. The Morgan fingerprint density at radius 1 is 1.03 bits per heavy atom. The highest BCUT2D eigenvalue weighted by atomic mass is 35.5. The van der Waals surface area contributed by atoms with E-state index in [0.717, 1.165) is 4.31 Å². The molecule has 1 atom stereocenters. The van der Waals surface area contributed by atoms with Gasteiger partial charge >= 0.3 is 0 Å². The van der Waals surface area contributed by atoms with E-state index in [2.05, 4.69) is 5.32 Å². The summed E-state index contributed by atoms with van der Waals surface area (Å²) in [6.45, 7) is 1.28. The summed E-state index contributed by atoms with van der Waals surface area (Å²) in [5, 5.41) is 3.19. The van der Waals surface area contributed by atoms with Crippen molar-refractivity contribution >= 4 is 33.2 Å². The number of carbonyl (C=O) groups is 1. The Morgan fingerprint density at radius 2 is 1.62 bits per heavy atom. The molecule has 1 N–H and O–H groups in total. The van der Waals surface area contributed by atoms with Crippen molar-refractivity contribution in [3.05, 3.63) is 89.2 Å². The molecule has 6 nitrogen and oxygen atoms in total. The predicted octanol–water partition coefficient (Wildman–Crippen LogP) is 4.56. The van der Waals surface area contributed by atoms with E-state index in [1.165, 1.54) is 55.6 Å². The zero-order valence-electron chi connectivity index (χ0n) is 17.5. The summed E-state index contributed by atoms with van der Waals surface area (Å²) in [6.07, 6.45) is 0. The normalized spacial score (nSPS) is 12.1. The molecule has 0 aliphatic rings. The molecule has 0 heterocycles. The van der Waals surface area contributed by atoms with Gasteiger partial charge in [0.05, 0.1) is 23.7 Å². The zero-order valence-corrected chi connectivity index (χ0v) is 19.0. The number of nitrogens with zero attached hydrogens (tertiary/aromatic N) is 1. The first-order chi connectivity index (χ1) is 15.2. The Morgan fingerprint density at radius 3 is 2.19 bits per heavy atom. The minimum atomic E-state index is -4.07. The number of carbonyl (C=O) groups excluding carboxylic acids is 1. The number of benzene rings is 3. The second-order valence-corrected chi connectivity index (χ2v) is 9.30. The van der Waals surface area contributed by atoms with Crippen LogP contribution >= 0.6 is 11.6 Å². The molecule has 0 bridgehead atoms. The maximum atomic E-state index is 13.4. The molecule has 0 aliphatic carbocycles. The van der Waals surface area contributed by atoms with Gasteiger partial charge in [0.15, 0.2) is 0 Å². The maximum absolute atomic E-state index is 13.4. The SMILES string of the molecule is COc1ccc(S(=O)(=O)N(CC(=O)N[C@@H](C)c2ccc(F)cc2)c2ccc(Cl)cc2)cc1. The minimum Gasteiger partial charge on any atom is -0.497 e. The first-order valence-electron chi connectivity index (χ1n) is 9.68. The number of rotatable bonds is 8. The summed E-state index contributed by atoms with van der Waals surface area (Å²) < 4.78 is 46.0. The van der Waals surface area contributed by atoms with Gasteiger partial charge in [-0.2, -0.15) is 0 Å². The van der Waals surface area contributed by atoms with E-state index in [1.807, 2.05) is 0 Å². The molecule has 1 amide bonds. The Hall–Kier alpha value is -3.10. The van der Waals surface area contributed by atoms with Gasteiger partial charge in [-0.3, -0.25) is 9.10 Å². The summed E-state index contributed by atoms with van der Waals surface area (Å²) >= 11 is 5.95. The summed E-state index contributed by atoms with van der Waals surface area (Å²) in [6, 6.07) is 17.3. The van der Waals surface area contributed by atoms with Crippen LogP contribution in [0.1, 0.15) is 18.5 Å². The molecule has 0 aliphatic heterocycles. The van der Waals surface area contributed by atoms with E-state index in [9.17, 15) is 17.6 Å². The summed E-state index contributed by atoms with van der Waals surface area (Å²) in [7, 11) is -2.59. The topological polar surface area (TPSA) is 75.7 Å². The average Bonchev–Trinajstić information content (AvgIpc) is 2.78. The van der Waals surface area contributed by atoms with Crippen LogP contribution in [0.25, 0.3) is 0 Å². The molecule has 0 unspecified atom stereocenters. The van der Waals surface area contributed by atoms with Crippen LogP contribution in [-0.4, -0.2) is 28.0 Å². The Kier molecular flexibility index (Phi) is 7.37. The predicted molar refractivity (Wildman–Crippen MR) is 122 cm³/mol. The molecule has 0 aromatic heterocycles. The number of ether oxygens (including phenoxy) is 1. The van der Waals surface area contributed by atoms with Crippen LogP contribution in [0, 0.1) is 5.82 Å². The molecule has 0 spiro atoms. The highest BCUT2D eigenvalue weighted by Gasteiger charge is 2.28. The van der Waals surface area contributed by atoms with Crippen molar-refractivity contribution < 1.29 is 22.3 Å². The fourth-order valence-corrected chi connectivity index (χ4v) is 4.60. The van der Waals surface area contributed by atoms with Crippen LogP contribution in [0.15, 0.2) is 77.7 Å². The Balaban J connectivity index is 1.87. The van der Waals surface area contributed by atoms with Crippen molar-refractivity contribution in [2.24, 2.45) is 0 Å². The van der Waals surface area contributed by atoms with Gasteiger partial charge in [-0.25, -0.2) is 12.8 Å². The fraction of sp³-hybridized carbons (Fsp3) is 0.174. The van der Waals surface area contributed by atoms with Crippen molar-refractivity contribution in [3.63, 3.8) is 0 Å². The first-order valence-corrected chi connectivity index (χ1v) is 11.5. The molecule has 3 rings (SSSR count). The van der Waals surface area contributed by atoms with Gasteiger partial charge in [0, 0.05) is 5.02 Å². The zero-order chi connectivity index (χ0) is 23.3. The highest BCUT2D eigenvalue weighted by molar-refractivity contribution is 7.92. The van der Waals surface area contributed by atoms with Crippen LogP contribution < -0.4 is 14.4 Å². The lowest BCUT2D eigenvalue weighted by molar-refractivity contribution is -0.120. The fourth-order valence-electron chi connectivity index (χ4n) is 3.05. The van der Waals surface area contributed by atoms with Crippen LogP contribution in [0.4, 0.5) is 10.1 Å². The Bertz CT molecular complexity index is 1170. The monoisotopic (exact) mass is 476 g/mol. The van der Waals surface area contributed by atoms with Crippen molar-refractivity contribution in [2.45, 2.75) is 17.9 Å². The number of amides is 1. The lowest BCUT2D eigenvalue weighted by Gasteiger charge is -2.25. The molecule has 0 radical (unpaired) electrons. The standard InChI is InChI=1S/C23H22ClFN2O4S/c1-16(17-3-7-19(25)8-4-17)26-23(28)15-27(20-9-5-18(24)6-10-20)32(29,30)22-13-11-21(31-2)12-14-22/h3-14,16H,15H2,1-2H3,(H,26,28)/t16-/m0/s1. The van der Waals surface area contributed by atoms with E-state index in [0.29, 0.717) is 16.3 Å². The van der Waals surface area contributed by atoms with Gasteiger partial charge < -0.3 is 10.1 Å². The van der Waals surface area contributed by atoms with Crippen LogP contribution in [0.3, 0.4) is 0 Å². The van der Waals surface area contributed by atoms with Crippen molar-refractivity contribution in [3.8, 4) is 5.75 Å². The Labute approximate surface area is 191 Å². The number of hydrogen-bond acceptors (Lipinski definition) is 4. The molecule has 168 valence electrons. The van der Waals surface area contributed by atoms with Crippen LogP contribution in [0.2, 0.25) is 5.02 Å². The molecule has 0 fully saturated rings. The molecular formula is C23H22ClFN2O4S. The quantitative estimate of drug-likeness (QED) is 0.517. The number of halogens is 2. The minimum absolute atomic E-state index is 0.00707. The van der Waals surface area contributed by atoms with E-state index >= 15 is 0 Å². The average molecular weight is 477 g/mol. The van der Waals surface area contributed by atoms with Crippen molar-refractivity contribution in [1.29, 1.82) is 0 Å². The van der Waals surface area contributed by atoms with E-state index < -0.39 is 28.5 Å². The second kappa shape index (κ2) is 10.0. The second-order valence-electron chi connectivity index (χ2n) is 7.00. The molecule has 0 saturated carbocycles. The summed E-state index contributed by atoms with van der Waals surface area (Å²) in [5.74, 6) is -0.395. The number of anilines is 1. The highest BCUT2D eigenvalue weighted by Crippen LogP contribution is 2.26. The molecule has 3 aromatic carbocycles. The van der Waals surface area contributed by atoms with Crippen LogP contribution in [0.5, 0.6) is 5.75 Å². The van der Waals surface area contributed by atoms with E-state index in [-0.39, 0.29) is 16.4 Å². The molecule has 0 saturated heterocycles. The van der Waals surface area contributed by atoms with Gasteiger partial charge in [-0.15, -0.1) is 0 Å². The maximum Gasteiger partial charge on any atom is 0.264 e. The van der Waals surface area contributed by atoms with Crippen molar-refractivity contribution in [2.75, 3.05) is 18.0 Å². The third kappa shape index (κ3) is 5.57. The van der Waals surface area contributed by atoms with Gasteiger partial charge in [-0.1, -0.05) is 23.7 Å². The molecule has 9 heteroatoms. The third-order valence-corrected chi connectivity index (χ3v) is 6.84. The lowest BCUT2D eigenvalue weighted by atomic mass is 10.1. The van der Waals surface area contributed by atoms with Gasteiger partial charge in [-0.05, 0) is 73.2 Å². The van der Waals surface area contributed by atoms with Gasteiger partial charge in [0.1, 0.15) is 18.1 Å². The number of sulfonamides is 1.